The number of ether oxygens (including phenoxy) is 2. The molecule has 0 bridgehead atoms. The van der Waals surface area contributed by atoms with Crippen LogP contribution in [0.5, 0.6) is 5.88 Å². The Morgan fingerprint density at radius 1 is 0.895 bits per heavy atom. The number of nitrogens with one attached hydrogen (secondary N) is 2. The zero-order valence-corrected chi connectivity index (χ0v) is 21.9. The minimum Gasteiger partial charge on any atom is -0.431 e. The second kappa shape index (κ2) is 13.3. The molecular formula is C27H29N3O7S. The van der Waals surface area contributed by atoms with Crippen LogP contribution in [0.2, 0.25) is 0 Å². The summed E-state index contributed by atoms with van der Waals surface area (Å²) in [6, 6.07) is 17.9. The first kappa shape index (κ1) is 28.3. The minimum absolute atomic E-state index is 0.0810. The molecule has 38 heavy (non-hydrogen) atoms. The van der Waals surface area contributed by atoms with Crippen LogP contribution < -0.4 is 14.8 Å². The standard InChI is InChI=1S/C27H29N3O7S/c1-19(2)36-27(33)37-24-15-14-22(18-29-24)26(32)30-38(34,35)23-13-8-12-21(17-23)25(31)28-16-7-6-11-20-9-4-3-5-10-20/h3-5,8-10,12-15,17-19H,6-7,11,16H2,1-2H3,(H,28,31)(H,30,32). The fourth-order valence-electron chi connectivity index (χ4n) is 3.32. The Kier molecular flexibility index (Phi) is 9.94. The van der Waals surface area contributed by atoms with E-state index in [1.807, 2.05) is 22.9 Å². The number of amides is 2. The van der Waals surface area contributed by atoms with Gasteiger partial charge >= 0.3 is 6.16 Å². The van der Waals surface area contributed by atoms with E-state index in [1.54, 1.807) is 13.8 Å². The number of hydrogen-bond acceptors (Lipinski definition) is 8. The molecule has 0 aliphatic heterocycles. The average molecular weight is 540 g/mol. The van der Waals surface area contributed by atoms with E-state index in [0.717, 1.165) is 25.5 Å². The average Bonchev–Trinajstić information content (AvgIpc) is 2.88. The van der Waals surface area contributed by atoms with Crippen LogP contribution in [0, 0.1) is 0 Å². The van der Waals surface area contributed by atoms with Gasteiger partial charge in [0.05, 0.1) is 16.6 Å². The van der Waals surface area contributed by atoms with Gasteiger partial charge in [0.25, 0.3) is 21.8 Å². The summed E-state index contributed by atoms with van der Waals surface area (Å²) >= 11 is 0. The van der Waals surface area contributed by atoms with Crippen molar-refractivity contribution in [2.45, 2.75) is 44.1 Å². The fourth-order valence-corrected chi connectivity index (χ4v) is 4.34. The monoisotopic (exact) mass is 539 g/mol. The molecule has 0 aliphatic rings. The third-order valence-corrected chi connectivity index (χ3v) is 6.50. The molecule has 0 saturated carbocycles. The highest BCUT2D eigenvalue weighted by molar-refractivity contribution is 7.90. The van der Waals surface area contributed by atoms with Crippen LogP contribution in [0.3, 0.4) is 0 Å². The van der Waals surface area contributed by atoms with Crippen molar-refractivity contribution < 1.29 is 32.3 Å². The van der Waals surface area contributed by atoms with Crippen molar-refractivity contribution in [2.24, 2.45) is 0 Å². The maximum atomic E-state index is 12.8. The van der Waals surface area contributed by atoms with Crippen molar-refractivity contribution in [1.82, 2.24) is 15.0 Å². The Bertz CT molecular complexity index is 1360. The van der Waals surface area contributed by atoms with Crippen molar-refractivity contribution in [3.63, 3.8) is 0 Å². The number of pyridine rings is 1. The maximum Gasteiger partial charge on any atom is 0.515 e. The lowest BCUT2D eigenvalue weighted by atomic mass is 10.1. The first-order chi connectivity index (χ1) is 18.1. The van der Waals surface area contributed by atoms with Gasteiger partial charge in [-0.2, -0.15) is 0 Å². The first-order valence-corrected chi connectivity index (χ1v) is 13.5. The summed E-state index contributed by atoms with van der Waals surface area (Å²) in [5.41, 5.74) is 1.30. The maximum absolute atomic E-state index is 12.8. The zero-order valence-electron chi connectivity index (χ0n) is 21.0. The lowest BCUT2D eigenvalue weighted by molar-refractivity contribution is 0.0715. The summed E-state index contributed by atoms with van der Waals surface area (Å²) in [7, 11) is -4.28. The summed E-state index contributed by atoms with van der Waals surface area (Å²) in [5.74, 6) is -1.47. The molecule has 1 aromatic heterocycles. The van der Waals surface area contributed by atoms with Gasteiger partial charge in [0, 0.05) is 24.4 Å². The molecule has 0 spiro atoms. The lowest BCUT2D eigenvalue weighted by Crippen LogP contribution is -2.31. The largest absolute Gasteiger partial charge is 0.515 e. The molecule has 1 heterocycles. The third kappa shape index (κ3) is 8.70. The molecule has 0 aliphatic carbocycles. The van der Waals surface area contributed by atoms with Crippen LogP contribution in [0.15, 0.2) is 77.8 Å². The summed E-state index contributed by atoms with van der Waals surface area (Å²) < 4.78 is 37.2. The summed E-state index contributed by atoms with van der Waals surface area (Å²) in [5, 5.41) is 2.79. The molecule has 3 rings (SSSR count). The van der Waals surface area contributed by atoms with E-state index in [9.17, 15) is 22.8 Å². The number of unbranched alkanes of at least 4 members (excludes halogenated alkanes) is 1. The third-order valence-electron chi connectivity index (χ3n) is 5.17. The molecule has 200 valence electrons. The number of nitrogens with zero attached hydrogens (tertiary/aromatic N) is 1. The number of carbonyl (C=O) groups is 3. The quantitative estimate of drug-likeness (QED) is 0.276. The molecule has 2 amide bonds. The van der Waals surface area contributed by atoms with E-state index in [-0.39, 0.29) is 28.0 Å². The van der Waals surface area contributed by atoms with Crippen LogP contribution >= 0.6 is 0 Å². The predicted octanol–water partition coefficient (Wildman–Crippen LogP) is 3.88. The van der Waals surface area contributed by atoms with Gasteiger partial charge in [0.2, 0.25) is 5.88 Å². The highest BCUT2D eigenvalue weighted by atomic mass is 32.2. The molecule has 2 aromatic carbocycles. The topological polar surface area (TPSA) is 141 Å². The van der Waals surface area contributed by atoms with Gasteiger partial charge in [0.15, 0.2) is 0 Å². The van der Waals surface area contributed by atoms with Crippen LogP contribution in [-0.2, 0) is 21.2 Å². The van der Waals surface area contributed by atoms with Crippen LogP contribution in [0.4, 0.5) is 4.79 Å². The van der Waals surface area contributed by atoms with Gasteiger partial charge < -0.3 is 14.8 Å². The van der Waals surface area contributed by atoms with E-state index >= 15 is 0 Å². The molecule has 11 heteroatoms. The molecule has 2 N–H and O–H groups in total. The first-order valence-electron chi connectivity index (χ1n) is 12.0. The number of carbonyl (C=O) groups excluding carboxylic acids is 3. The summed E-state index contributed by atoms with van der Waals surface area (Å²) in [6.45, 7) is 3.75. The second-order valence-electron chi connectivity index (χ2n) is 8.56. The zero-order chi connectivity index (χ0) is 27.5. The number of sulfonamides is 1. The molecule has 0 atom stereocenters. The van der Waals surface area contributed by atoms with Gasteiger partial charge in [0.1, 0.15) is 0 Å². The Hall–Kier alpha value is -4.25. The smallest absolute Gasteiger partial charge is 0.431 e. The second-order valence-corrected chi connectivity index (χ2v) is 10.2. The summed E-state index contributed by atoms with van der Waals surface area (Å²) in [6.07, 6.45) is 2.29. The highest BCUT2D eigenvalue weighted by Gasteiger charge is 2.21. The molecule has 3 aromatic rings. The molecule has 0 saturated heterocycles. The lowest BCUT2D eigenvalue weighted by Gasteiger charge is -2.10. The Labute approximate surface area is 221 Å². The van der Waals surface area contributed by atoms with Gasteiger partial charge in [-0.25, -0.2) is 22.9 Å². The van der Waals surface area contributed by atoms with Crippen molar-refractivity contribution in [1.29, 1.82) is 0 Å². The van der Waals surface area contributed by atoms with Crippen molar-refractivity contribution in [2.75, 3.05) is 6.54 Å². The fraction of sp³-hybridized carbons (Fsp3) is 0.259. The van der Waals surface area contributed by atoms with Crippen LogP contribution in [0.1, 0.15) is 53.0 Å². The van der Waals surface area contributed by atoms with Gasteiger partial charge in [-0.1, -0.05) is 36.4 Å². The Morgan fingerprint density at radius 3 is 2.34 bits per heavy atom. The van der Waals surface area contributed by atoms with E-state index in [4.69, 9.17) is 9.47 Å². The van der Waals surface area contributed by atoms with Gasteiger partial charge in [-0.15, -0.1) is 0 Å². The normalized spacial score (nSPS) is 11.0. The van der Waals surface area contributed by atoms with E-state index in [0.29, 0.717) is 6.54 Å². The Morgan fingerprint density at radius 2 is 1.66 bits per heavy atom. The molecule has 10 nitrogen and oxygen atoms in total. The van der Waals surface area contributed by atoms with E-state index in [2.05, 4.69) is 22.4 Å². The number of benzene rings is 2. The van der Waals surface area contributed by atoms with Crippen LogP contribution in [0.25, 0.3) is 0 Å². The SMILES string of the molecule is CC(C)OC(=O)Oc1ccc(C(=O)NS(=O)(=O)c2cccc(C(=O)NCCCCc3ccccc3)c2)cn1. The molecule has 0 fully saturated rings. The molecular weight excluding hydrogens is 510 g/mol. The molecule has 0 unspecified atom stereocenters. The number of aryl methyl sites for hydroxylation is 1. The predicted molar refractivity (Wildman–Crippen MR) is 139 cm³/mol. The van der Waals surface area contributed by atoms with E-state index in [1.165, 1.54) is 42.0 Å². The van der Waals surface area contributed by atoms with Crippen molar-refractivity contribution in [3.8, 4) is 5.88 Å². The Balaban J connectivity index is 1.54. The minimum atomic E-state index is -4.28. The van der Waals surface area contributed by atoms with Crippen molar-refractivity contribution in [3.05, 3.63) is 89.6 Å². The van der Waals surface area contributed by atoms with Crippen molar-refractivity contribution >= 4 is 28.0 Å². The highest BCUT2D eigenvalue weighted by Crippen LogP contribution is 2.14. The van der Waals surface area contributed by atoms with Gasteiger partial charge in [-0.3, -0.25) is 9.59 Å². The number of hydrogen-bond donors (Lipinski definition) is 2. The number of rotatable bonds is 11. The van der Waals surface area contributed by atoms with Crippen LogP contribution in [-0.4, -0.2) is 44.0 Å². The van der Waals surface area contributed by atoms with Gasteiger partial charge in [-0.05, 0) is 62.9 Å². The molecule has 0 radical (unpaired) electrons. The van der Waals surface area contributed by atoms with E-state index < -0.39 is 28.0 Å². The number of aromatic nitrogens is 1. The summed E-state index contributed by atoms with van der Waals surface area (Å²) in [4.78, 5) is 40.1.